The Morgan fingerprint density at radius 3 is 2.59 bits per heavy atom. The Hall–Kier alpha value is -2.70. The van der Waals surface area contributed by atoms with Gasteiger partial charge in [0.1, 0.15) is 11.9 Å². The fourth-order valence-electron chi connectivity index (χ4n) is 2.02. The number of aromatic nitrogens is 2. The second kappa shape index (κ2) is 6.84. The number of carboxylic acids is 1. The first-order valence-corrected chi connectivity index (χ1v) is 6.74. The topological polar surface area (TPSA) is 84.2 Å². The summed E-state index contributed by atoms with van der Waals surface area (Å²) in [5, 5.41) is 15.8. The molecule has 0 aliphatic heterocycles. The van der Waals surface area contributed by atoms with E-state index in [-0.39, 0.29) is 12.5 Å². The van der Waals surface area contributed by atoms with Crippen molar-refractivity contribution in [3.05, 3.63) is 54.1 Å². The fraction of sp³-hybridized carbons (Fsp3) is 0.267. The van der Waals surface area contributed by atoms with Crippen LogP contribution in [0.25, 0.3) is 0 Å². The van der Waals surface area contributed by atoms with Crippen molar-refractivity contribution in [3.8, 4) is 0 Å². The molecular weight excluding hydrogens is 289 g/mol. The minimum atomic E-state index is -1.08. The predicted octanol–water partition coefficient (Wildman–Crippen LogP) is 1.57. The van der Waals surface area contributed by atoms with Gasteiger partial charge >= 0.3 is 5.97 Å². The average Bonchev–Trinajstić information content (AvgIpc) is 3.02. The number of nitrogens with one attached hydrogen (secondary N) is 1. The molecule has 2 N–H and O–H groups in total. The third-order valence-corrected chi connectivity index (χ3v) is 3.35. The molecule has 0 saturated carbocycles. The molecule has 0 aliphatic carbocycles. The van der Waals surface area contributed by atoms with Gasteiger partial charge in [-0.05, 0) is 30.7 Å². The molecule has 2 unspecified atom stereocenters. The molecule has 0 radical (unpaired) electrons. The molecule has 0 fully saturated rings. The van der Waals surface area contributed by atoms with Crippen LogP contribution >= 0.6 is 0 Å². The molecule has 1 heterocycles. The lowest BCUT2D eigenvalue weighted by Crippen LogP contribution is -2.36. The summed E-state index contributed by atoms with van der Waals surface area (Å²) in [6.07, 6.45) is 3.21. The summed E-state index contributed by atoms with van der Waals surface area (Å²) in [4.78, 5) is 23.4. The molecule has 6 nitrogen and oxygen atoms in total. The molecule has 2 aromatic rings. The van der Waals surface area contributed by atoms with Gasteiger partial charge in [0.15, 0.2) is 0 Å². The number of halogens is 1. The van der Waals surface area contributed by atoms with Crippen molar-refractivity contribution in [2.45, 2.75) is 18.9 Å². The van der Waals surface area contributed by atoms with Crippen LogP contribution < -0.4 is 5.32 Å². The van der Waals surface area contributed by atoms with Gasteiger partial charge in [-0.2, -0.15) is 5.10 Å². The van der Waals surface area contributed by atoms with Gasteiger partial charge in [0.2, 0.25) is 5.91 Å². The van der Waals surface area contributed by atoms with Crippen LogP contribution in [0.2, 0.25) is 0 Å². The number of hydrogen-bond donors (Lipinski definition) is 2. The maximum absolute atomic E-state index is 12.9. The average molecular weight is 305 g/mol. The van der Waals surface area contributed by atoms with E-state index < -0.39 is 23.7 Å². The largest absolute Gasteiger partial charge is 0.481 e. The van der Waals surface area contributed by atoms with Gasteiger partial charge in [0.25, 0.3) is 0 Å². The molecule has 22 heavy (non-hydrogen) atoms. The molecule has 7 heteroatoms. The molecule has 0 saturated heterocycles. The van der Waals surface area contributed by atoms with Crippen molar-refractivity contribution in [1.29, 1.82) is 0 Å². The van der Waals surface area contributed by atoms with Crippen LogP contribution in [0.5, 0.6) is 0 Å². The first-order valence-electron chi connectivity index (χ1n) is 6.74. The van der Waals surface area contributed by atoms with E-state index in [1.165, 1.54) is 28.9 Å². The number of nitrogens with zero attached hydrogens (tertiary/aromatic N) is 2. The van der Waals surface area contributed by atoms with Crippen molar-refractivity contribution >= 4 is 11.9 Å². The third-order valence-electron chi connectivity index (χ3n) is 3.35. The normalized spacial score (nSPS) is 13.4. The van der Waals surface area contributed by atoms with Gasteiger partial charge in [-0.25, -0.2) is 4.39 Å². The molecule has 0 spiro atoms. The number of hydrogen-bond acceptors (Lipinski definition) is 3. The lowest BCUT2D eigenvalue weighted by molar-refractivity contribution is -0.138. The number of carbonyl (C=O) groups excluding carboxylic acids is 1. The maximum atomic E-state index is 12.9. The number of rotatable bonds is 6. The highest BCUT2D eigenvalue weighted by atomic mass is 19.1. The molecule has 1 aromatic heterocycles. The number of carbonyl (C=O) groups is 2. The van der Waals surface area contributed by atoms with Crippen molar-refractivity contribution < 1.29 is 19.1 Å². The van der Waals surface area contributed by atoms with E-state index in [0.29, 0.717) is 5.56 Å². The highest BCUT2D eigenvalue weighted by Crippen LogP contribution is 2.16. The van der Waals surface area contributed by atoms with Crippen LogP contribution in [0.1, 0.15) is 24.4 Å². The van der Waals surface area contributed by atoms with Gasteiger partial charge in [0, 0.05) is 18.9 Å². The lowest BCUT2D eigenvalue weighted by atomic mass is 9.99. The molecule has 0 aliphatic rings. The van der Waals surface area contributed by atoms with Crippen molar-refractivity contribution in [2.75, 3.05) is 6.54 Å². The molecule has 116 valence electrons. The van der Waals surface area contributed by atoms with E-state index in [4.69, 9.17) is 0 Å². The van der Waals surface area contributed by atoms with Crippen molar-refractivity contribution in [3.63, 3.8) is 0 Å². The van der Waals surface area contributed by atoms with Gasteiger partial charge in [-0.1, -0.05) is 12.1 Å². The summed E-state index contributed by atoms with van der Waals surface area (Å²) in [7, 11) is 0. The van der Waals surface area contributed by atoms with Gasteiger partial charge in [0.05, 0.1) is 5.92 Å². The Labute approximate surface area is 126 Å². The summed E-state index contributed by atoms with van der Waals surface area (Å²) in [5.74, 6) is -2.80. The van der Waals surface area contributed by atoms with Crippen LogP contribution in [0.15, 0.2) is 42.7 Å². The second-order valence-electron chi connectivity index (χ2n) is 4.85. The minimum absolute atomic E-state index is 0.0780. The Morgan fingerprint density at radius 1 is 1.36 bits per heavy atom. The number of amides is 1. The quantitative estimate of drug-likeness (QED) is 0.848. The molecule has 2 rings (SSSR count). The van der Waals surface area contributed by atoms with Crippen molar-refractivity contribution in [2.24, 2.45) is 0 Å². The summed E-state index contributed by atoms with van der Waals surface area (Å²) >= 11 is 0. The van der Waals surface area contributed by atoms with E-state index in [2.05, 4.69) is 10.4 Å². The third kappa shape index (κ3) is 3.69. The van der Waals surface area contributed by atoms with E-state index in [0.717, 1.165) is 0 Å². The van der Waals surface area contributed by atoms with Crippen LogP contribution in [0, 0.1) is 5.82 Å². The zero-order valence-corrected chi connectivity index (χ0v) is 11.9. The predicted molar refractivity (Wildman–Crippen MR) is 76.7 cm³/mol. The molecule has 1 amide bonds. The zero-order valence-electron chi connectivity index (χ0n) is 11.9. The van der Waals surface area contributed by atoms with Gasteiger partial charge in [-0.15, -0.1) is 0 Å². The number of carboxylic acid groups (broad SMARTS) is 1. The van der Waals surface area contributed by atoms with Gasteiger partial charge < -0.3 is 10.4 Å². The molecular formula is C15H16FN3O3. The SMILES string of the molecule is CC(C(=O)NCC(C(=O)O)c1ccc(F)cc1)n1cccn1. The van der Waals surface area contributed by atoms with Crippen LogP contribution in [-0.4, -0.2) is 33.3 Å². The van der Waals surface area contributed by atoms with Crippen molar-refractivity contribution in [1.82, 2.24) is 15.1 Å². The van der Waals surface area contributed by atoms with Crippen LogP contribution in [0.3, 0.4) is 0 Å². The van der Waals surface area contributed by atoms with E-state index in [9.17, 15) is 19.1 Å². The van der Waals surface area contributed by atoms with E-state index in [1.54, 1.807) is 25.4 Å². The summed E-state index contributed by atoms with van der Waals surface area (Å²) in [5.41, 5.74) is 0.431. The number of benzene rings is 1. The Morgan fingerprint density at radius 2 is 2.05 bits per heavy atom. The Bertz CT molecular complexity index is 641. The standard InChI is InChI=1S/C15H16FN3O3/c1-10(19-8-2-7-18-19)14(20)17-9-13(15(21)22)11-3-5-12(16)6-4-11/h2-8,10,13H,9H2,1H3,(H,17,20)(H,21,22). The Balaban J connectivity index is 2.01. The second-order valence-corrected chi connectivity index (χ2v) is 4.85. The smallest absolute Gasteiger partial charge is 0.312 e. The maximum Gasteiger partial charge on any atom is 0.312 e. The van der Waals surface area contributed by atoms with E-state index in [1.807, 2.05) is 0 Å². The molecule has 2 atom stereocenters. The first kappa shape index (κ1) is 15.7. The molecule has 0 bridgehead atoms. The lowest BCUT2D eigenvalue weighted by Gasteiger charge is -2.16. The van der Waals surface area contributed by atoms with Crippen LogP contribution in [0.4, 0.5) is 4.39 Å². The fourth-order valence-corrected chi connectivity index (χ4v) is 2.02. The monoisotopic (exact) mass is 305 g/mol. The zero-order chi connectivity index (χ0) is 16.1. The highest BCUT2D eigenvalue weighted by Gasteiger charge is 2.22. The van der Waals surface area contributed by atoms with Gasteiger partial charge in [-0.3, -0.25) is 14.3 Å². The minimum Gasteiger partial charge on any atom is -0.481 e. The highest BCUT2D eigenvalue weighted by molar-refractivity contribution is 5.82. The first-order chi connectivity index (χ1) is 10.5. The summed E-state index contributed by atoms with van der Waals surface area (Å²) in [6.45, 7) is 1.58. The van der Waals surface area contributed by atoms with E-state index >= 15 is 0 Å². The van der Waals surface area contributed by atoms with Crippen LogP contribution in [-0.2, 0) is 9.59 Å². The summed E-state index contributed by atoms with van der Waals surface area (Å²) in [6, 6.07) is 6.34. The molecule has 1 aromatic carbocycles. The number of aliphatic carboxylic acids is 1. The summed E-state index contributed by atoms with van der Waals surface area (Å²) < 4.78 is 14.4. The Kier molecular flexibility index (Phi) is 4.88.